The van der Waals surface area contributed by atoms with Crippen molar-refractivity contribution in [2.45, 2.75) is 19.9 Å². The van der Waals surface area contributed by atoms with Crippen LogP contribution in [0.3, 0.4) is 0 Å². The van der Waals surface area contributed by atoms with Crippen LogP contribution in [0, 0.1) is 6.92 Å². The number of anilines is 1. The molecule has 5 aromatic rings. The molecular weight excluding hydrogens is 440 g/mol. The molecule has 5 nitrogen and oxygen atoms in total. The summed E-state index contributed by atoms with van der Waals surface area (Å²) >= 11 is 1.63. The highest BCUT2D eigenvalue weighted by molar-refractivity contribution is 7.15. The van der Waals surface area contributed by atoms with Crippen molar-refractivity contribution < 1.29 is 4.79 Å². The van der Waals surface area contributed by atoms with E-state index in [2.05, 4.69) is 45.6 Å². The van der Waals surface area contributed by atoms with Crippen LogP contribution in [0.15, 0.2) is 96.5 Å². The second-order valence-electron chi connectivity index (χ2n) is 8.33. The largest absolute Gasteiger partial charge is 0.322 e. The van der Waals surface area contributed by atoms with Crippen molar-refractivity contribution in [1.82, 2.24) is 14.3 Å². The number of carbonyl (C=O) groups excluding carboxylic acids is 1. The van der Waals surface area contributed by atoms with Gasteiger partial charge in [0.1, 0.15) is 0 Å². The third-order valence-corrected chi connectivity index (χ3v) is 6.69. The van der Waals surface area contributed by atoms with Crippen LogP contribution in [0.25, 0.3) is 16.2 Å². The van der Waals surface area contributed by atoms with Gasteiger partial charge in [-0.15, -0.1) is 11.3 Å². The van der Waals surface area contributed by atoms with E-state index in [1.807, 2.05) is 72.5 Å². The second-order valence-corrected chi connectivity index (χ2v) is 9.16. The molecule has 2 aromatic heterocycles. The van der Waals surface area contributed by atoms with Gasteiger partial charge >= 0.3 is 6.03 Å². The Kier molecular flexibility index (Phi) is 6.40. The van der Waals surface area contributed by atoms with E-state index in [0.717, 1.165) is 45.1 Å². The van der Waals surface area contributed by atoms with Crippen molar-refractivity contribution in [1.29, 1.82) is 0 Å². The predicted molar refractivity (Wildman–Crippen MR) is 139 cm³/mol. The van der Waals surface area contributed by atoms with E-state index >= 15 is 0 Å². The monoisotopic (exact) mass is 466 g/mol. The highest BCUT2D eigenvalue weighted by Gasteiger charge is 2.16. The normalized spacial score (nSPS) is 11.0. The zero-order valence-corrected chi connectivity index (χ0v) is 19.8. The SMILES string of the molecule is Cc1ccc(NC(=O)N(CCc2csc3nc(-c4ccccc4)cn23)Cc2ccccc2)cc1. The van der Waals surface area contributed by atoms with Crippen LogP contribution in [0.4, 0.5) is 10.5 Å². The minimum absolute atomic E-state index is 0.102. The van der Waals surface area contributed by atoms with E-state index in [4.69, 9.17) is 4.98 Å². The maximum absolute atomic E-state index is 13.2. The third-order valence-electron chi connectivity index (χ3n) is 5.80. The van der Waals surface area contributed by atoms with Gasteiger partial charge in [-0.1, -0.05) is 78.4 Å². The second kappa shape index (κ2) is 9.93. The fourth-order valence-electron chi connectivity index (χ4n) is 3.90. The van der Waals surface area contributed by atoms with Crippen molar-refractivity contribution in [3.8, 4) is 11.3 Å². The minimum atomic E-state index is -0.102. The summed E-state index contributed by atoms with van der Waals surface area (Å²) in [5.41, 5.74) is 6.28. The lowest BCUT2D eigenvalue weighted by Gasteiger charge is -2.23. The summed E-state index contributed by atoms with van der Waals surface area (Å²) in [5, 5.41) is 5.19. The Hall–Kier alpha value is -3.90. The molecule has 0 aliphatic heterocycles. The first-order valence-electron chi connectivity index (χ1n) is 11.3. The van der Waals surface area contributed by atoms with Gasteiger partial charge in [-0.25, -0.2) is 9.78 Å². The zero-order chi connectivity index (χ0) is 23.3. The van der Waals surface area contributed by atoms with Crippen LogP contribution < -0.4 is 5.32 Å². The summed E-state index contributed by atoms with van der Waals surface area (Å²) in [7, 11) is 0. The fourth-order valence-corrected chi connectivity index (χ4v) is 4.81. The Morgan fingerprint density at radius 1 is 0.971 bits per heavy atom. The van der Waals surface area contributed by atoms with E-state index in [9.17, 15) is 4.79 Å². The standard InChI is InChI=1S/C28H26N4OS/c1-21-12-14-24(15-13-21)29-27(33)31(18-22-8-4-2-5-9-22)17-16-25-20-34-28-30-26(19-32(25)28)23-10-6-3-7-11-23/h2-15,19-20H,16-18H2,1H3,(H,29,33). The van der Waals surface area contributed by atoms with Gasteiger partial charge in [0.25, 0.3) is 0 Å². The average Bonchev–Trinajstić information content (AvgIpc) is 3.46. The lowest BCUT2D eigenvalue weighted by molar-refractivity contribution is 0.209. The molecule has 0 radical (unpaired) electrons. The van der Waals surface area contributed by atoms with Gasteiger partial charge < -0.3 is 10.2 Å². The Labute approximate surface area is 203 Å². The van der Waals surface area contributed by atoms with Gasteiger partial charge in [-0.3, -0.25) is 4.40 Å². The number of urea groups is 1. The molecule has 0 saturated heterocycles. The molecule has 1 N–H and O–H groups in total. The number of amides is 2. The number of imidazole rings is 1. The summed E-state index contributed by atoms with van der Waals surface area (Å²) < 4.78 is 2.14. The molecule has 3 aromatic carbocycles. The first-order valence-corrected chi connectivity index (χ1v) is 12.2. The average molecular weight is 467 g/mol. The predicted octanol–water partition coefficient (Wildman–Crippen LogP) is 6.65. The van der Waals surface area contributed by atoms with Gasteiger partial charge in [0, 0.05) is 48.0 Å². The molecular formula is C28H26N4OS. The highest BCUT2D eigenvalue weighted by atomic mass is 32.1. The molecule has 6 heteroatoms. The first kappa shape index (κ1) is 21.9. The summed E-state index contributed by atoms with van der Waals surface area (Å²) in [6, 6.07) is 28.1. The van der Waals surface area contributed by atoms with Crippen molar-refractivity contribution in [3.05, 3.63) is 113 Å². The lowest BCUT2D eigenvalue weighted by Crippen LogP contribution is -2.36. The molecule has 170 valence electrons. The van der Waals surface area contributed by atoms with Crippen molar-refractivity contribution in [3.63, 3.8) is 0 Å². The molecule has 5 rings (SSSR count). The third kappa shape index (κ3) is 5.02. The maximum Gasteiger partial charge on any atom is 0.322 e. The Morgan fingerprint density at radius 3 is 2.41 bits per heavy atom. The van der Waals surface area contributed by atoms with Crippen molar-refractivity contribution >= 4 is 28.0 Å². The van der Waals surface area contributed by atoms with E-state index in [1.54, 1.807) is 11.3 Å². The summed E-state index contributed by atoms with van der Waals surface area (Å²) in [6.07, 6.45) is 2.82. The van der Waals surface area contributed by atoms with Crippen LogP contribution in [0.2, 0.25) is 0 Å². The number of fused-ring (bicyclic) bond motifs is 1. The molecule has 34 heavy (non-hydrogen) atoms. The lowest BCUT2D eigenvalue weighted by atomic mass is 10.2. The zero-order valence-electron chi connectivity index (χ0n) is 19.0. The van der Waals surface area contributed by atoms with Gasteiger partial charge in [0.2, 0.25) is 0 Å². The van der Waals surface area contributed by atoms with Gasteiger partial charge in [-0.05, 0) is 24.6 Å². The molecule has 2 amide bonds. The van der Waals surface area contributed by atoms with E-state index in [0.29, 0.717) is 13.1 Å². The minimum Gasteiger partial charge on any atom is -0.320 e. The fraction of sp³-hybridized carbons (Fsp3) is 0.143. The van der Waals surface area contributed by atoms with Gasteiger partial charge in [0.15, 0.2) is 4.96 Å². The number of rotatable bonds is 7. The summed E-state index contributed by atoms with van der Waals surface area (Å²) in [5.74, 6) is 0. The van der Waals surface area contributed by atoms with E-state index in [1.165, 1.54) is 0 Å². The Morgan fingerprint density at radius 2 is 1.68 bits per heavy atom. The van der Waals surface area contributed by atoms with E-state index < -0.39 is 0 Å². The first-order chi connectivity index (χ1) is 16.7. The smallest absolute Gasteiger partial charge is 0.320 e. The molecule has 0 fully saturated rings. The molecule has 0 saturated carbocycles. The molecule has 0 spiro atoms. The van der Waals surface area contributed by atoms with Gasteiger partial charge in [0.05, 0.1) is 5.69 Å². The van der Waals surface area contributed by atoms with Gasteiger partial charge in [-0.2, -0.15) is 0 Å². The number of aromatic nitrogens is 2. The number of nitrogens with zero attached hydrogens (tertiary/aromatic N) is 3. The maximum atomic E-state index is 13.2. The topological polar surface area (TPSA) is 49.6 Å². The molecule has 0 unspecified atom stereocenters. The van der Waals surface area contributed by atoms with Crippen molar-refractivity contribution in [2.75, 3.05) is 11.9 Å². The molecule has 2 heterocycles. The van der Waals surface area contributed by atoms with E-state index in [-0.39, 0.29) is 6.03 Å². The van der Waals surface area contributed by atoms with Crippen LogP contribution in [0.1, 0.15) is 16.8 Å². The summed E-state index contributed by atoms with van der Waals surface area (Å²) in [6.45, 7) is 3.18. The number of thiazole rings is 1. The number of hydrogen-bond acceptors (Lipinski definition) is 3. The number of aryl methyl sites for hydroxylation is 1. The molecule has 0 bridgehead atoms. The van der Waals surface area contributed by atoms with Crippen LogP contribution in [0.5, 0.6) is 0 Å². The highest BCUT2D eigenvalue weighted by Crippen LogP contribution is 2.24. The quantitative estimate of drug-likeness (QED) is 0.292. The number of carbonyl (C=O) groups is 1. The number of benzene rings is 3. The Balaban J connectivity index is 1.34. The Bertz CT molecular complexity index is 1370. The van der Waals surface area contributed by atoms with Crippen LogP contribution in [-0.4, -0.2) is 26.9 Å². The summed E-state index contributed by atoms with van der Waals surface area (Å²) in [4.78, 5) is 20.8. The number of hydrogen-bond donors (Lipinski definition) is 1. The van der Waals surface area contributed by atoms with Crippen molar-refractivity contribution in [2.24, 2.45) is 0 Å². The molecule has 0 aliphatic carbocycles. The molecule has 0 atom stereocenters. The van der Waals surface area contributed by atoms with Crippen LogP contribution in [-0.2, 0) is 13.0 Å². The van der Waals surface area contributed by atoms with Crippen LogP contribution >= 0.6 is 11.3 Å². The molecule has 0 aliphatic rings. The number of nitrogens with one attached hydrogen (secondary N) is 1.